The van der Waals surface area contributed by atoms with Crippen LogP contribution in [0.25, 0.3) is 0 Å². The quantitative estimate of drug-likeness (QED) is 0.701. The summed E-state index contributed by atoms with van der Waals surface area (Å²) in [5.41, 5.74) is 6.48. The number of ether oxygens (including phenoxy) is 1. The molecular formula is C12H15N3O2. The Labute approximate surface area is 100 Å². The standard InChI is InChI=1S/C12H15N3O2/c1-17-11-3-2-9(6-10(11)7-13)8-15-5-4-12(14)16/h2-3,6,15H,4-5,8H2,1H3,(H2,14,16). The van der Waals surface area contributed by atoms with Crippen molar-refractivity contribution < 1.29 is 9.53 Å². The highest BCUT2D eigenvalue weighted by Gasteiger charge is 2.03. The lowest BCUT2D eigenvalue weighted by molar-refractivity contribution is -0.117. The number of rotatable bonds is 6. The summed E-state index contributed by atoms with van der Waals surface area (Å²) in [4.78, 5) is 10.5. The lowest BCUT2D eigenvalue weighted by atomic mass is 10.1. The van der Waals surface area contributed by atoms with E-state index < -0.39 is 0 Å². The summed E-state index contributed by atoms with van der Waals surface area (Å²) >= 11 is 0. The highest BCUT2D eigenvalue weighted by atomic mass is 16.5. The number of nitrogens with two attached hydrogens (primary N) is 1. The summed E-state index contributed by atoms with van der Waals surface area (Å²) in [5, 5.41) is 12.0. The minimum atomic E-state index is -0.329. The Kier molecular flexibility index (Phi) is 4.98. The number of carbonyl (C=O) groups excluding carboxylic acids is 1. The molecule has 0 heterocycles. The van der Waals surface area contributed by atoms with Gasteiger partial charge in [-0.3, -0.25) is 4.79 Å². The fourth-order valence-electron chi connectivity index (χ4n) is 1.40. The predicted molar refractivity (Wildman–Crippen MR) is 63.2 cm³/mol. The van der Waals surface area contributed by atoms with Crippen LogP contribution in [0, 0.1) is 11.3 Å². The highest BCUT2D eigenvalue weighted by molar-refractivity contribution is 5.73. The molecule has 0 saturated carbocycles. The van der Waals surface area contributed by atoms with Crippen molar-refractivity contribution in [2.24, 2.45) is 5.73 Å². The number of primary amides is 1. The molecule has 3 N–H and O–H groups in total. The fourth-order valence-corrected chi connectivity index (χ4v) is 1.40. The number of methoxy groups -OCH3 is 1. The van der Waals surface area contributed by atoms with Gasteiger partial charge in [0.15, 0.2) is 0 Å². The van der Waals surface area contributed by atoms with Gasteiger partial charge < -0.3 is 15.8 Å². The van der Waals surface area contributed by atoms with Crippen molar-refractivity contribution in [3.05, 3.63) is 29.3 Å². The number of carbonyl (C=O) groups is 1. The maximum atomic E-state index is 10.5. The van der Waals surface area contributed by atoms with E-state index >= 15 is 0 Å². The van der Waals surface area contributed by atoms with E-state index in [4.69, 9.17) is 15.7 Å². The summed E-state index contributed by atoms with van der Waals surface area (Å²) in [6.07, 6.45) is 0.307. The second kappa shape index (κ2) is 6.51. The van der Waals surface area contributed by atoms with E-state index in [1.165, 1.54) is 7.11 Å². The van der Waals surface area contributed by atoms with Crippen molar-refractivity contribution in [1.29, 1.82) is 5.26 Å². The molecule has 0 atom stereocenters. The van der Waals surface area contributed by atoms with E-state index in [1.807, 2.05) is 6.07 Å². The lowest BCUT2D eigenvalue weighted by Gasteiger charge is -2.06. The topological polar surface area (TPSA) is 88.1 Å². The Balaban J connectivity index is 2.55. The Morgan fingerprint density at radius 1 is 1.59 bits per heavy atom. The second-order valence-electron chi connectivity index (χ2n) is 3.54. The van der Waals surface area contributed by atoms with Crippen LogP contribution < -0.4 is 15.8 Å². The summed E-state index contributed by atoms with van der Waals surface area (Å²) in [5.74, 6) is 0.235. The van der Waals surface area contributed by atoms with Crippen LogP contribution >= 0.6 is 0 Å². The third-order valence-corrected chi connectivity index (χ3v) is 2.26. The first-order chi connectivity index (χ1) is 8.17. The molecule has 0 radical (unpaired) electrons. The summed E-state index contributed by atoms with van der Waals surface area (Å²) in [7, 11) is 1.53. The van der Waals surface area contributed by atoms with E-state index in [0.717, 1.165) is 5.56 Å². The van der Waals surface area contributed by atoms with Crippen LogP contribution in [0.2, 0.25) is 0 Å². The van der Waals surface area contributed by atoms with E-state index in [-0.39, 0.29) is 5.91 Å². The molecule has 0 aromatic heterocycles. The molecule has 0 bridgehead atoms. The highest BCUT2D eigenvalue weighted by Crippen LogP contribution is 2.18. The van der Waals surface area contributed by atoms with Gasteiger partial charge >= 0.3 is 0 Å². The molecule has 1 aromatic rings. The van der Waals surface area contributed by atoms with Crippen LogP contribution in [-0.4, -0.2) is 19.6 Å². The van der Waals surface area contributed by atoms with E-state index in [0.29, 0.717) is 30.8 Å². The van der Waals surface area contributed by atoms with Crippen LogP contribution in [0.1, 0.15) is 17.5 Å². The van der Waals surface area contributed by atoms with Crippen molar-refractivity contribution in [2.45, 2.75) is 13.0 Å². The molecule has 5 heteroatoms. The van der Waals surface area contributed by atoms with Gasteiger partial charge in [0.2, 0.25) is 5.91 Å². The molecule has 0 spiro atoms. The molecule has 1 amide bonds. The maximum absolute atomic E-state index is 10.5. The van der Waals surface area contributed by atoms with Gasteiger partial charge in [-0.05, 0) is 17.7 Å². The molecular weight excluding hydrogens is 218 g/mol. The van der Waals surface area contributed by atoms with Crippen LogP contribution in [0.5, 0.6) is 5.75 Å². The molecule has 0 unspecified atom stereocenters. The van der Waals surface area contributed by atoms with Crippen LogP contribution in [0.15, 0.2) is 18.2 Å². The summed E-state index contributed by atoms with van der Waals surface area (Å²) < 4.78 is 5.04. The first-order valence-corrected chi connectivity index (χ1v) is 5.23. The van der Waals surface area contributed by atoms with E-state index in [1.54, 1.807) is 12.1 Å². The van der Waals surface area contributed by atoms with Gasteiger partial charge in [0.1, 0.15) is 11.8 Å². The van der Waals surface area contributed by atoms with Gasteiger partial charge in [-0.25, -0.2) is 0 Å². The lowest BCUT2D eigenvalue weighted by Crippen LogP contribution is -2.21. The number of benzene rings is 1. The molecule has 1 rings (SSSR count). The maximum Gasteiger partial charge on any atom is 0.218 e. The number of nitriles is 1. The Bertz CT molecular complexity index is 438. The van der Waals surface area contributed by atoms with Crippen molar-refractivity contribution in [3.63, 3.8) is 0 Å². The van der Waals surface area contributed by atoms with Crippen LogP contribution in [-0.2, 0) is 11.3 Å². The first-order valence-electron chi connectivity index (χ1n) is 5.23. The first kappa shape index (κ1) is 13.0. The van der Waals surface area contributed by atoms with Crippen molar-refractivity contribution >= 4 is 5.91 Å². The Hall–Kier alpha value is -2.06. The molecule has 0 saturated heterocycles. The summed E-state index contributed by atoms with van der Waals surface area (Å²) in [6.45, 7) is 1.12. The van der Waals surface area contributed by atoms with Gasteiger partial charge in [-0.1, -0.05) is 6.07 Å². The molecule has 5 nitrogen and oxygen atoms in total. The largest absolute Gasteiger partial charge is 0.495 e. The average Bonchev–Trinajstić information content (AvgIpc) is 2.34. The van der Waals surface area contributed by atoms with Gasteiger partial charge in [0.05, 0.1) is 12.7 Å². The third-order valence-electron chi connectivity index (χ3n) is 2.26. The predicted octanol–water partition coefficient (Wildman–Crippen LogP) is 0.532. The van der Waals surface area contributed by atoms with Gasteiger partial charge in [-0.15, -0.1) is 0 Å². The van der Waals surface area contributed by atoms with Crippen molar-refractivity contribution in [2.75, 3.05) is 13.7 Å². The Morgan fingerprint density at radius 2 is 2.35 bits per heavy atom. The number of nitrogens with one attached hydrogen (secondary N) is 1. The Morgan fingerprint density at radius 3 is 2.94 bits per heavy atom. The fraction of sp³-hybridized carbons (Fsp3) is 0.333. The molecule has 1 aromatic carbocycles. The van der Waals surface area contributed by atoms with Crippen LogP contribution in [0.4, 0.5) is 0 Å². The van der Waals surface area contributed by atoms with Crippen molar-refractivity contribution in [3.8, 4) is 11.8 Å². The van der Waals surface area contributed by atoms with Crippen molar-refractivity contribution in [1.82, 2.24) is 5.32 Å². The SMILES string of the molecule is COc1ccc(CNCCC(N)=O)cc1C#N. The van der Waals surface area contributed by atoms with Gasteiger partial charge in [0.25, 0.3) is 0 Å². The smallest absolute Gasteiger partial charge is 0.218 e. The molecule has 0 aliphatic rings. The number of amides is 1. The van der Waals surface area contributed by atoms with Crippen LogP contribution in [0.3, 0.4) is 0 Å². The van der Waals surface area contributed by atoms with E-state index in [2.05, 4.69) is 11.4 Å². The molecule has 0 fully saturated rings. The minimum absolute atomic E-state index is 0.307. The zero-order chi connectivity index (χ0) is 12.7. The van der Waals surface area contributed by atoms with Gasteiger partial charge in [0, 0.05) is 19.5 Å². The number of hydrogen-bond acceptors (Lipinski definition) is 4. The average molecular weight is 233 g/mol. The van der Waals surface area contributed by atoms with Gasteiger partial charge in [-0.2, -0.15) is 5.26 Å². The normalized spacial score (nSPS) is 9.65. The number of hydrogen-bond donors (Lipinski definition) is 2. The monoisotopic (exact) mass is 233 g/mol. The second-order valence-corrected chi connectivity index (χ2v) is 3.54. The molecule has 0 aliphatic heterocycles. The third kappa shape index (κ3) is 4.13. The minimum Gasteiger partial charge on any atom is -0.495 e. The molecule has 90 valence electrons. The summed E-state index contributed by atoms with van der Waals surface area (Å²) in [6, 6.07) is 7.45. The zero-order valence-corrected chi connectivity index (χ0v) is 9.69. The zero-order valence-electron chi connectivity index (χ0n) is 9.69. The molecule has 17 heavy (non-hydrogen) atoms. The van der Waals surface area contributed by atoms with E-state index in [9.17, 15) is 4.79 Å². The number of nitrogens with zero attached hydrogens (tertiary/aromatic N) is 1. The molecule has 0 aliphatic carbocycles.